The van der Waals surface area contributed by atoms with Crippen LogP contribution in [0.2, 0.25) is 0 Å². The first-order chi connectivity index (χ1) is 15.7. The number of nitrogens with zero attached hydrogens (tertiary/aromatic N) is 4. The number of guanidine groups is 1. The first-order valence-corrected chi connectivity index (χ1v) is 11.7. The smallest absolute Gasteiger partial charge is 0.227 e. The van der Waals surface area contributed by atoms with Gasteiger partial charge in [-0.25, -0.2) is 0 Å². The van der Waals surface area contributed by atoms with Gasteiger partial charge in [-0.3, -0.25) is 19.7 Å². The van der Waals surface area contributed by atoms with E-state index in [1.807, 2.05) is 41.4 Å². The van der Waals surface area contributed by atoms with Crippen LogP contribution in [0, 0.1) is 0 Å². The lowest BCUT2D eigenvalue weighted by atomic mass is 10.0. The van der Waals surface area contributed by atoms with E-state index in [1.165, 1.54) is 5.56 Å². The number of rotatable bonds is 7. The van der Waals surface area contributed by atoms with E-state index < -0.39 is 0 Å². The van der Waals surface area contributed by atoms with E-state index >= 15 is 0 Å². The lowest BCUT2D eigenvalue weighted by Crippen LogP contribution is -2.48. The minimum atomic E-state index is 0. The number of amides is 1. The molecule has 1 aromatic carbocycles. The largest absolute Gasteiger partial charge is 0.356 e. The Morgan fingerprint density at radius 1 is 1.12 bits per heavy atom. The first-order valence-electron chi connectivity index (χ1n) is 11.7. The summed E-state index contributed by atoms with van der Waals surface area (Å²) in [5.74, 6) is 1.03. The van der Waals surface area contributed by atoms with Crippen LogP contribution in [-0.4, -0.2) is 61.0 Å². The molecule has 1 aromatic heterocycles. The minimum absolute atomic E-state index is 0. The number of carbonyl (C=O) groups excluding carboxylic acids is 1. The Bertz CT molecular complexity index is 914. The maximum Gasteiger partial charge on any atom is 0.227 e. The van der Waals surface area contributed by atoms with Crippen LogP contribution in [0.15, 0.2) is 53.7 Å². The Labute approximate surface area is 214 Å². The fourth-order valence-electron chi connectivity index (χ4n) is 4.52. The van der Waals surface area contributed by atoms with Crippen LogP contribution in [0.3, 0.4) is 0 Å². The third-order valence-corrected chi connectivity index (χ3v) is 6.31. The van der Waals surface area contributed by atoms with Gasteiger partial charge in [0.25, 0.3) is 0 Å². The van der Waals surface area contributed by atoms with E-state index in [2.05, 4.69) is 37.6 Å². The van der Waals surface area contributed by atoms with Crippen molar-refractivity contribution >= 4 is 41.5 Å². The summed E-state index contributed by atoms with van der Waals surface area (Å²) in [6.45, 7) is 4.55. The van der Waals surface area contributed by atoms with Crippen molar-refractivity contribution in [3.8, 4) is 0 Å². The van der Waals surface area contributed by atoms with Gasteiger partial charge in [-0.15, -0.1) is 24.0 Å². The molecule has 4 rings (SSSR count). The number of hydrogen-bond donors (Lipinski definition) is 2. The summed E-state index contributed by atoms with van der Waals surface area (Å²) in [4.78, 5) is 25.8. The number of fused-ring (bicyclic) bond motifs is 1. The average molecular weight is 563 g/mol. The second-order valence-electron chi connectivity index (χ2n) is 8.54. The zero-order valence-corrected chi connectivity index (χ0v) is 21.7. The Morgan fingerprint density at radius 3 is 2.67 bits per heavy atom. The molecule has 1 saturated heterocycles. The molecule has 0 spiro atoms. The Kier molecular flexibility index (Phi) is 9.93. The highest BCUT2D eigenvalue weighted by atomic mass is 127. The maximum atomic E-state index is 12.6. The number of pyridine rings is 1. The molecule has 178 valence electrons. The van der Waals surface area contributed by atoms with Gasteiger partial charge < -0.3 is 15.5 Å². The fraction of sp³-hybridized carbons (Fsp3) is 0.480. The molecule has 2 aliphatic heterocycles. The molecule has 2 aliphatic rings. The Hall–Kier alpha value is -2.20. The molecule has 0 radical (unpaired) electrons. The van der Waals surface area contributed by atoms with Gasteiger partial charge in [-0.05, 0) is 49.4 Å². The minimum Gasteiger partial charge on any atom is -0.356 e. The van der Waals surface area contributed by atoms with E-state index in [4.69, 9.17) is 0 Å². The molecular formula is C25H35IN6O. The molecule has 0 bridgehead atoms. The van der Waals surface area contributed by atoms with Crippen LogP contribution >= 0.6 is 24.0 Å². The summed E-state index contributed by atoms with van der Waals surface area (Å²) in [6, 6.07) is 14.7. The van der Waals surface area contributed by atoms with E-state index in [-0.39, 0.29) is 29.9 Å². The number of aromatic nitrogens is 1. The summed E-state index contributed by atoms with van der Waals surface area (Å²) < 4.78 is 0. The predicted octanol–water partition coefficient (Wildman–Crippen LogP) is 3.20. The van der Waals surface area contributed by atoms with E-state index in [0.29, 0.717) is 12.5 Å². The number of benzene rings is 1. The third kappa shape index (κ3) is 7.14. The summed E-state index contributed by atoms with van der Waals surface area (Å²) in [6.07, 6.45) is 6.32. The second-order valence-corrected chi connectivity index (χ2v) is 8.54. The van der Waals surface area contributed by atoms with Gasteiger partial charge in [0, 0.05) is 64.1 Å². The van der Waals surface area contributed by atoms with Crippen molar-refractivity contribution in [2.24, 2.45) is 4.99 Å². The Balaban J connectivity index is 0.00000306. The van der Waals surface area contributed by atoms with Gasteiger partial charge in [-0.1, -0.05) is 24.3 Å². The number of anilines is 1. The van der Waals surface area contributed by atoms with Gasteiger partial charge in [0.15, 0.2) is 5.96 Å². The number of carbonyl (C=O) groups is 1. The monoisotopic (exact) mass is 562 g/mol. The first kappa shape index (κ1) is 25.4. The van der Waals surface area contributed by atoms with Crippen molar-refractivity contribution < 1.29 is 4.79 Å². The van der Waals surface area contributed by atoms with Crippen molar-refractivity contribution in [1.82, 2.24) is 20.5 Å². The Morgan fingerprint density at radius 2 is 1.91 bits per heavy atom. The van der Waals surface area contributed by atoms with Gasteiger partial charge in [-0.2, -0.15) is 0 Å². The third-order valence-electron chi connectivity index (χ3n) is 6.31. The van der Waals surface area contributed by atoms with Crippen LogP contribution < -0.4 is 15.5 Å². The number of hydrogen-bond acceptors (Lipinski definition) is 4. The zero-order chi connectivity index (χ0) is 22.2. The highest BCUT2D eigenvalue weighted by Gasteiger charge is 2.24. The van der Waals surface area contributed by atoms with Crippen molar-refractivity contribution in [3.63, 3.8) is 0 Å². The molecule has 0 saturated carbocycles. The molecule has 0 atom stereocenters. The molecule has 33 heavy (non-hydrogen) atoms. The maximum absolute atomic E-state index is 12.6. The fourth-order valence-corrected chi connectivity index (χ4v) is 4.52. The van der Waals surface area contributed by atoms with Gasteiger partial charge in [0.2, 0.25) is 5.91 Å². The normalized spacial score (nSPS) is 16.8. The molecule has 3 heterocycles. The highest BCUT2D eigenvalue weighted by Crippen LogP contribution is 2.28. The number of aliphatic imine (C=N–C) groups is 1. The molecule has 2 aromatic rings. The van der Waals surface area contributed by atoms with Crippen molar-refractivity contribution in [2.45, 2.75) is 44.7 Å². The molecule has 8 heteroatoms. The molecule has 0 unspecified atom stereocenters. The van der Waals surface area contributed by atoms with Crippen LogP contribution in [0.25, 0.3) is 0 Å². The number of para-hydroxylation sites is 1. The average Bonchev–Trinajstić information content (AvgIpc) is 3.27. The van der Waals surface area contributed by atoms with Gasteiger partial charge in [0.05, 0.1) is 5.69 Å². The summed E-state index contributed by atoms with van der Waals surface area (Å²) in [7, 11) is 1.80. The van der Waals surface area contributed by atoms with Crippen molar-refractivity contribution in [3.05, 3.63) is 59.9 Å². The number of likely N-dealkylation sites (tertiary alicyclic amines) is 1. The lowest BCUT2D eigenvalue weighted by Gasteiger charge is -2.32. The molecule has 1 fully saturated rings. The van der Waals surface area contributed by atoms with E-state index in [1.54, 1.807) is 7.05 Å². The topological polar surface area (TPSA) is 72.9 Å². The molecule has 0 aliphatic carbocycles. The van der Waals surface area contributed by atoms with Gasteiger partial charge in [0.1, 0.15) is 0 Å². The number of nitrogens with one attached hydrogen (secondary N) is 2. The van der Waals surface area contributed by atoms with Crippen LogP contribution in [0.1, 0.15) is 36.9 Å². The summed E-state index contributed by atoms with van der Waals surface area (Å²) in [5.41, 5.74) is 3.48. The van der Waals surface area contributed by atoms with Crippen LogP contribution in [0.5, 0.6) is 0 Å². The van der Waals surface area contributed by atoms with E-state index in [9.17, 15) is 4.79 Å². The highest BCUT2D eigenvalue weighted by molar-refractivity contribution is 14.0. The van der Waals surface area contributed by atoms with Crippen molar-refractivity contribution in [2.75, 3.05) is 38.1 Å². The zero-order valence-electron chi connectivity index (χ0n) is 19.4. The lowest BCUT2D eigenvalue weighted by molar-refractivity contribution is -0.118. The molecule has 7 nitrogen and oxygen atoms in total. The summed E-state index contributed by atoms with van der Waals surface area (Å²) in [5, 5.41) is 6.92. The van der Waals surface area contributed by atoms with Crippen molar-refractivity contribution in [1.29, 1.82) is 0 Å². The standard InChI is InChI=1S/C25H34N6O.HI/c1-26-25(29-21-12-16-30(17-13-21)19-22-8-4-5-14-27-22)28-15-6-10-24(32)31-18-11-20-7-2-3-9-23(20)31;/h2-5,7-9,14,21H,6,10-13,15-19H2,1H3,(H2,26,28,29);1H. The second kappa shape index (κ2) is 12.9. The summed E-state index contributed by atoms with van der Waals surface area (Å²) >= 11 is 0. The van der Waals surface area contributed by atoms with Crippen LogP contribution in [-0.2, 0) is 17.8 Å². The van der Waals surface area contributed by atoms with E-state index in [0.717, 1.165) is 75.7 Å². The predicted molar refractivity (Wildman–Crippen MR) is 144 cm³/mol. The number of piperidine rings is 1. The van der Waals surface area contributed by atoms with Gasteiger partial charge >= 0.3 is 0 Å². The molecule has 2 N–H and O–H groups in total. The molecule has 1 amide bonds. The van der Waals surface area contributed by atoms with Crippen LogP contribution in [0.4, 0.5) is 5.69 Å². The quantitative estimate of drug-likeness (QED) is 0.235. The number of halogens is 1. The molecular weight excluding hydrogens is 527 g/mol. The SMILES string of the molecule is CN=C(NCCCC(=O)N1CCc2ccccc21)NC1CCN(Cc2ccccn2)CC1.I.